The van der Waals surface area contributed by atoms with Crippen molar-refractivity contribution in [1.82, 2.24) is 0 Å². The van der Waals surface area contributed by atoms with Gasteiger partial charge in [0.05, 0.1) is 19.4 Å². The number of benzene rings is 3. The van der Waals surface area contributed by atoms with Crippen molar-refractivity contribution < 1.29 is 24.0 Å². The van der Waals surface area contributed by atoms with Crippen LogP contribution in [0.5, 0.6) is 5.75 Å². The number of carbonyl (C=O) groups excluding carboxylic acids is 2. The Kier molecular flexibility index (Phi) is 7.15. The van der Waals surface area contributed by atoms with Crippen LogP contribution in [-0.4, -0.2) is 22.8 Å². The van der Waals surface area contributed by atoms with Gasteiger partial charge in [0, 0.05) is 11.6 Å². The van der Waals surface area contributed by atoms with E-state index in [0.29, 0.717) is 20.1 Å². The number of ether oxygens (including phenoxy) is 2. The van der Waals surface area contributed by atoms with Crippen molar-refractivity contribution in [3.63, 3.8) is 0 Å². The Morgan fingerprint density at radius 3 is 2.49 bits per heavy atom. The van der Waals surface area contributed by atoms with Crippen LogP contribution >= 0.6 is 43.5 Å². The summed E-state index contributed by atoms with van der Waals surface area (Å²) in [6, 6.07) is 14.3. The van der Waals surface area contributed by atoms with E-state index < -0.39 is 16.9 Å². The molecular weight excluding hydrogens is 608 g/mol. The summed E-state index contributed by atoms with van der Waals surface area (Å²) in [5.74, 6) is -1.05. The molecular formula is C24H13Br2ClN2O6. The number of halogens is 3. The predicted molar refractivity (Wildman–Crippen MR) is 137 cm³/mol. The van der Waals surface area contributed by atoms with Crippen molar-refractivity contribution in [3.8, 4) is 5.75 Å². The zero-order valence-corrected chi connectivity index (χ0v) is 21.7. The highest BCUT2D eigenvalue weighted by molar-refractivity contribution is 9.11. The fraction of sp³-hybridized carbons (Fsp3) is 0.0417. The molecule has 0 fully saturated rings. The summed E-state index contributed by atoms with van der Waals surface area (Å²) >= 11 is 12.6. The maximum Gasteiger partial charge on any atom is 0.363 e. The van der Waals surface area contributed by atoms with Gasteiger partial charge in [-0.2, -0.15) is 0 Å². The molecule has 11 heteroatoms. The SMILES string of the molecule is Cc1ccccc1C(=O)Oc1c(Br)cc(/C=C2\N=C(c3ccc(Cl)c([N+](=O)[O-])c3)OC2=O)cc1Br. The molecule has 0 aliphatic carbocycles. The zero-order valence-electron chi connectivity index (χ0n) is 17.8. The van der Waals surface area contributed by atoms with Gasteiger partial charge in [0.2, 0.25) is 5.90 Å². The normalized spacial score (nSPS) is 14.0. The third-order valence-corrected chi connectivity index (χ3v) is 6.39. The molecule has 4 rings (SSSR count). The standard InChI is InChI=1S/C24H13Br2ClN2O6/c1-12-4-2-3-5-15(12)23(30)34-21-16(25)8-13(9-17(21)26)10-19-24(31)35-22(28-19)14-6-7-18(27)20(11-14)29(32)33/h2-11H,1H3/b19-10-. The molecule has 1 aliphatic heterocycles. The number of rotatable bonds is 5. The lowest BCUT2D eigenvalue weighted by atomic mass is 10.1. The summed E-state index contributed by atoms with van der Waals surface area (Å²) in [4.78, 5) is 39.6. The molecule has 0 saturated carbocycles. The highest BCUT2D eigenvalue weighted by Gasteiger charge is 2.26. The first-order chi connectivity index (χ1) is 16.6. The molecule has 3 aromatic carbocycles. The van der Waals surface area contributed by atoms with E-state index in [0.717, 1.165) is 5.56 Å². The van der Waals surface area contributed by atoms with Crippen molar-refractivity contribution >= 4 is 73.1 Å². The molecule has 0 amide bonds. The first-order valence-electron chi connectivity index (χ1n) is 9.88. The van der Waals surface area contributed by atoms with E-state index in [9.17, 15) is 19.7 Å². The van der Waals surface area contributed by atoms with E-state index in [1.165, 1.54) is 24.3 Å². The predicted octanol–water partition coefficient (Wildman–Crippen LogP) is 6.65. The molecule has 1 aliphatic rings. The summed E-state index contributed by atoms with van der Waals surface area (Å²) < 4.78 is 11.7. The third kappa shape index (κ3) is 5.34. The Bertz CT molecular complexity index is 1450. The average Bonchev–Trinajstić information content (AvgIpc) is 3.16. The van der Waals surface area contributed by atoms with Crippen LogP contribution in [-0.2, 0) is 9.53 Å². The molecule has 3 aromatic rings. The largest absolute Gasteiger partial charge is 0.420 e. The van der Waals surface area contributed by atoms with E-state index in [2.05, 4.69) is 36.9 Å². The van der Waals surface area contributed by atoms with Gasteiger partial charge in [0.1, 0.15) is 5.02 Å². The van der Waals surface area contributed by atoms with E-state index in [-0.39, 0.29) is 33.6 Å². The number of nitro groups is 1. The fourth-order valence-corrected chi connectivity index (χ4v) is 4.76. The number of cyclic esters (lactones) is 1. The number of hydrogen-bond acceptors (Lipinski definition) is 7. The van der Waals surface area contributed by atoms with Crippen LogP contribution in [0.25, 0.3) is 6.08 Å². The molecule has 0 spiro atoms. The summed E-state index contributed by atoms with van der Waals surface area (Å²) in [6.45, 7) is 1.81. The smallest absolute Gasteiger partial charge is 0.363 e. The molecule has 0 bridgehead atoms. The van der Waals surface area contributed by atoms with Crippen LogP contribution in [0.4, 0.5) is 5.69 Å². The number of aliphatic imine (C=N–C) groups is 1. The minimum Gasteiger partial charge on any atom is -0.420 e. The molecule has 35 heavy (non-hydrogen) atoms. The number of aryl methyl sites for hydroxylation is 1. The summed E-state index contributed by atoms with van der Waals surface area (Å²) in [5.41, 5.74) is 1.67. The van der Waals surface area contributed by atoms with E-state index in [1.54, 1.807) is 24.3 Å². The van der Waals surface area contributed by atoms with Crippen LogP contribution in [0, 0.1) is 17.0 Å². The van der Waals surface area contributed by atoms with Gasteiger partial charge >= 0.3 is 11.9 Å². The molecule has 0 unspecified atom stereocenters. The van der Waals surface area contributed by atoms with Crippen LogP contribution in [0.15, 0.2) is 74.2 Å². The molecule has 8 nitrogen and oxygen atoms in total. The third-order valence-electron chi connectivity index (χ3n) is 4.89. The van der Waals surface area contributed by atoms with Crippen molar-refractivity contribution in [2.75, 3.05) is 0 Å². The van der Waals surface area contributed by atoms with Crippen LogP contribution < -0.4 is 4.74 Å². The minimum atomic E-state index is -0.722. The maximum atomic E-state index is 12.6. The quantitative estimate of drug-likeness (QED) is 0.104. The number of esters is 2. The van der Waals surface area contributed by atoms with Crippen molar-refractivity contribution in [3.05, 3.63) is 107 Å². The van der Waals surface area contributed by atoms with Gasteiger partial charge in [0.15, 0.2) is 11.4 Å². The number of carbonyl (C=O) groups is 2. The van der Waals surface area contributed by atoms with E-state index in [1.807, 2.05) is 19.1 Å². The van der Waals surface area contributed by atoms with E-state index >= 15 is 0 Å². The van der Waals surface area contributed by atoms with Gasteiger partial charge in [-0.1, -0.05) is 29.8 Å². The van der Waals surface area contributed by atoms with Crippen molar-refractivity contribution in [2.45, 2.75) is 6.92 Å². The van der Waals surface area contributed by atoms with Gasteiger partial charge < -0.3 is 9.47 Å². The zero-order chi connectivity index (χ0) is 25.3. The van der Waals surface area contributed by atoms with Gasteiger partial charge in [-0.15, -0.1) is 0 Å². The minimum absolute atomic E-state index is 0.0129. The van der Waals surface area contributed by atoms with Crippen LogP contribution in [0.2, 0.25) is 5.02 Å². The summed E-state index contributed by atoms with van der Waals surface area (Å²) in [6.07, 6.45) is 1.47. The second-order valence-corrected chi connectivity index (χ2v) is 9.39. The summed E-state index contributed by atoms with van der Waals surface area (Å²) in [7, 11) is 0. The first-order valence-corrected chi connectivity index (χ1v) is 11.8. The van der Waals surface area contributed by atoms with Gasteiger partial charge in [-0.25, -0.2) is 14.6 Å². The second-order valence-electron chi connectivity index (χ2n) is 7.28. The Morgan fingerprint density at radius 2 is 1.83 bits per heavy atom. The Labute approximate surface area is 220 Å². The monoisotopic (exact) mass is 618 g/mol. The Hall–Kier alpha value is -3.34. The van der Waals surface area contributed by atoms with Gasteiger partial charge in [-0.05, 0) is 86.3 Å². The number of nitro benzene ring substituents is 1. The molecule has 176 valence electrons. The Balaban J connectivity index is 1.61. The second kappa shape index (κ2) is 10.1. The van der Waals surface area contributed by atoms with E-state index in [4.69, 9.17) is 21.1 Å². The lowest BCUT2D eigenvalue weighted by molar-refractivity contribution is -0.384. The molecule has 0 radical (unpaired) electrons. The number of hydrogen-bond donors (Lipinski definition) is 0. The highest BCUT2D eigenvalue weighted by atomic mass is 79.9. The van der Waals surface area contributed by atoms with Gasteiger partial charge in [0.25, 0.3) is 5.69 Å². The molecule has 0 N–H and O–H groups in total. The average molecular weight is 621 g/mol. The molecule has 0 aromatic heterocycles. The fourth-order valence-electron chi connectivity index (χ4n) is 3.19. The molecule has 1 heterocycles. The Morgan fingerprint density at radius 1 is 1.14 bits per heavy atom. The van der Waals surface area contributed by atoms with Crippen molar-refractivity contribution in [2.24, 2.45) is 4.99 Å². The van der Waals surface area contributed by atoms with Crippen molar-refractivity contribution in [1.29, 1.82) is 0 Å². The van der Waals surface area contributed by atoms with Crippen LogP contribution in [0.3, 0.4) is 0 Å². The van der Waals surface area contributed by atoms with Crippen LogP contribution in [0.1, 0.15) is 27.0 Å². The highest BCUT2D eigenvalue weighted by Crippen LogP contribution is 2.36. The first kappa shape index (κ1) is 24.8. The van der Waals surface area contributed by atoms with Gasteiger partial charge in [-0.3, -0.25) is 10.1 Å². The lowest BCUT2D eigenvalue weighted by Crippen LogP contribution is -2.11. The topological polar surface area (TPSA) is 108 Å². The molecule has 0 saturated heterocycles. The summed E-state index contributed by atoms with van der Waals surface area (Å²) in [5, 5.41) is 11.1. The maximum absolute atomic E-state index is 12.6. The molecule has 0 atom stereocenters. The lowest BCUT2D eigenvalue weighted by Gasteiger charge is -2.11. The number of nitrogens with zero attached hydrogens (tertiary/aromatic N) is 2.